The Kier molecular flexibility index (Phi) is 7.69. The standard InChI is InChI=1S/C21H18B3Cl3O6/c1-28-13-4-7-16(19(25)10-13)22-31-23(17-8-5-14(29-2)11-20(17)26)33-24(32-22)18-9-6-15(30-3)12-21(18)27/h4-12H,1-3H3. The maximum Gasteiger partial charge on any atom is 0.468 e. The molecule has 1 fully saturated rings. The van der Waals surface area contributed by atoms with Crippen LogP contribution in [0.5, 0.6) is 17.2 Å². The van der Waals surface area contributed by atoms with Gasteiger partial charge in [0.2, 0.25) is 0 Å². The summed E-state index contributed by atoms with van der Waals surface area (Å²) in [6.45, 7) is 0. The Labute approximate surface area is 208 Å². The lowest BCUT2D eigenvalue weighted by Gasteiger charge is -2.32. The molecule has 1 saturated heterocycles. The van der Waals surface area contributed by atoms with Gasteiger partial charge in [0.15, 0.2) is 0 Å². The molecule has 0 N–H and O–H groups in total. The molecule has 3 aromatic carbocycles. The molecule has 4 rings (SSSR count). The summed E-state index contributed by atoms with van der Waals surface area (Å²) in [5, 5.41) is 1.25. The molecule has 0 unspecified atom stereocenters. The van der Waals surface area contributed by atoms with Crippen molar-refractivity contribution < 1.29 is 27.9 Å². The molecule has 1 heterocycles. The predicted molar refractivity (Wildman–Crippen MR) is 133 cm³/mol. The zero-order valence-electron chi connectivity index (χ0n) is 18.0. The van der Waals surface area contributed by atoms with Crippen molar-refractivity contribution in [1.29, 1.82) is 0 Å². The van der Waals surface area contributed by atoms with Crippen LogP contribution in [0.3, 0.4) is 0 Å². The fraction of sp³-hybridized carbons (Fsp3) is 0.143. The molecular formula is C21H18B3Cl3O6. The number of ether oxygens (including phenoxy) is 3. The first-order valence-corrected chi connectivity index (χ1v) is 11.0. The van der Waals surface area contributed by atoms with E-state index in [1.54, 1.807) is 75.9 Å². The van der Waals surface area contributed by atoms with Gasteiger partial charge in [0.25, 0.3) is 0 Å². The second-order valence-corrected chi connectivity index (χ2v) is 8.29. The van der Waals surface area contributed by atoms with Gasteiger partial charge in [-0.25, -0.2) is 0 Å². The number of halogens is 3. The fourth-order valence-electron chi connectivity index (χ4n) is 3.35. The first-order valence-electron chi connectivity index (χ1n) is 9.90. The molecule has 0 radical (unpaired) electrons. The van der Waals surface area contributed by atoms with Crippen molar-refractivity contribution in [3.8, 4) is 17.2 Å². The zero-order valence-corrected chi connectivity index (χ0v) is 20.3. The van der Waals surface area contributed by atoms with Crippen LogP contribution in [0.15, 0.2) is 54.6 Å². The van der Waals surface area contributed by atoms with E-state index in [9.17, 15) is 0 Å². The summed E-state index contributed by atoms with van der Waals surface area (Å²) in [6.07, 6.45) is 0. The highest BCUT2D eigenvalue weighted by atomic mass is 35.5. The zero-order chi connectivity index (χ0) is 23.5. The van der Waals surface area contributed by atoms with Crippen molar-refractivity contribution >= 4 is 72.5 Å². The predicted octanol–water partition coefficient (Wildman–Crippen LogP) is 3.22. The van der Waals surface area contributed by atoms with Crippen LogP contribution < -0.4 is 30.6 Å². The van der Waals surface area contributed by atoms with E-state index in [1.165, 1.54) is 0 Å². The fourth-order valence-corrected chi connectivity index (χ4v) is 4.13. The van der Waals surface area contributed by atoms with Gasteiger partial charge in [0.05, 0.1) is 21.3 Å². The van der Waals surface area contributed by atoms with Crippen molar-refractivity contribution in [1.82, 2.24) is 0 Å². The van der Waals surface area contributed by atoms with Crippen LogP contribution in [0, 0.1) is 0 Å². The molecule has 3 aromatic rings. The van der Waals surface area contributed by atoms with Gasteiger partial charge in [-0.2, -0.15) is 0 Å². The van der Waals surface area contributed by atoms with Gasteiger partial charge in [-0.3, -0.25) is 0 Å². The Hall–Kier alpha value is -2.00. The number of rotatable bonds is 6. The summed E-state index contributed by atoms with van der Waals surface area (Å²) in [5.74, 6) is 1.83. The van der Waals surface area contributed by atoms with Crippen LogP contribution in [-0.4, -0.2) is 42.7 Å². The molecule has 0 amide bonds. The van der Waals surface area contributed by atoms with E-state index >= 15 is 0 Å². The quantitative estimate of drug-likeness (QED) is 0.480. The van der Waals surface area contributed by atoms with Crippen LogP contribution in [0.2, 0.25) is 15.1 Å². The number of benzene rings is 3. The highest BCUT2D eigenvalue weighted by Crippen LogP contribution is 2.23. The number of hydrogen-bond acceptors (Lipinski definition) is 6. The minimum Gasteiger partial charge on any atom is -0.497 e. The molecule has 1 aliphatic heterocycles. The van der Waals surface area contributed by atoms with E-state index in [0.717, 1.165) is 0 Å². The smallest absolute Gasteiger partial charge is 0.468 e. The van der Waals surface area contributed by atoms with Gasteiger partial charge in [0, 0.05) is 15.1 Å². The summed E-state index contributed by atoms with van der Waals surface area (Å²) in [4.78, 5) is 0. The van der Waals surface area contributed by atoms with Crippen molar-refractivity contribution in [2.24, 2.45) is 0 Å². The lowest BCUT2D eigenvalue weighted by atomic mass is 9.61. The molecule has 0 aliphatic carbocycles. The Morgan fingerprint density at radius 3 is 1.00 bits per heavy atom. The monoisotopic (exact) mass is 504 g/mol. The van der Waals surface area contributed by atoms with Crippen molar-refractivity contribution in [2.75, 3.05) is 21.3 Å². The van der Waals surface area contributed by atoms with Crippen LogP contribution in [-0.2, 0) is 13.7 Å². The van der Waals surface area contributed by atoms with Crippen LogP contribution in [0.25, 0.3) is 0 Å². The Morgan fingerprint density at radius 2 is 0.788 bits per heavy atom. The van der Waals surface area contributed by atoms with E-state index in [1.807, 2.05) is 0 Å². The molecule has 0 atom stereocenters. The first kappa shape index (κ1) is 24.1. The van der Waals surface area contributed by atoms with Gasteiger partial charge in [-0.05, 0) is 52.8 Å². The summed E-state index contributed by atoms with van der Waals surface area (Å²) in [5.41, 5.74) is 1.81. The second kappa shape index (κ2) is 10.5. The molecule has 168 valence electrons. The minimum atomic E-state index is -0.872. The average molecular weight is 505 g/mol. The van der Waals surface area contributed by atoms with Gasteiger partial charge in [-0.1, -0.05) is 53.0 Å². The summed E-state index contributed by atoms with van der Waals surface area (Å²) in [7, 11) is 2.08. The summed E-state index contributed by atoms with van der Waals surface area (Å²) < 4.78 is 34.2. The van der Waals surface area contributed by atoms with Gasteiger partial charge < -0.3 is 27.9 Å². The van der Waals surface area contributed by atoms with Crippen molar-refractivity contribution in [2.45, 2.75) is 0 Å². The Morgan fingerprint density at radius 1 is 0.515 bits per heavy atom. The lowest BCUT2D eigenvalue weighted by molar-refractivity contribution is 0.308. The highest BCUT2D eigenvalue weighted by Gasteiger charge is 2.45. The largest absolute Gasteiger partial charge is 0.497 e. The third kappa shape index (κ3) is 5.24. The minimum absolute atomic E-state index is 0.417. The van der Waals surface area contributed by atoms with Crippen LogP contribution >= 0.6 is 34.8 Å². The van der Waals surface area contributed by atoms with E-state index in [0.29, 0.717) is 48.7 Å². The SMILES string of the molecule is COc1ccc(B2OB(c3ccc(OC)cc3Cl)OB(c3ccc(OC)cc3Cl)O2)c(Cl)c1. The van der Waals surface area contributed by atoms with Crippen LogP contribution in [0.1, 0.15) is 0 Å². The Balaban J connectivity index is 1.73. The third-order valence-corrected chi connectivity index (χ3v) is 6.11. The van der Waals surface area contributed by atoms with E-state index in [4.69, 9.17) is 62.7 Å². The van der Waals surface area contributed by atoms with Crippen LogP contribution in [0.4, 0.5) is 0 Å². The average Bonchev–Trinajstić information content (AvgIpc) is 2.83. The maximum absolute atomic E-state index is 6.50. The molecule has 0 aromatic heterocycles. The van der Waals surface area contributed by atoms with Gasteiger partial charge >= 0.3 is 21.4 Å². The van der Waals surface area contributed by atoms with Gasteiger partial charge in [-0.15, -0.1) is 0 Å². The van der Waals surface area contributed by atoms with E-state index in [2.05, 4.69) is 0 Å². The maximum atomic E-state index is 6.50. The molecule has 12 heteroatoms. The molecular weight excluding hydrogens is 487 g/mol. The normalized spacial score (nSPS) is 13.8. The highest BCUT2D eigenvalue weighted by molar-refractivity contribution is 6.88. The van der Waals surface area contributed by atoms with E-state index < -0.39 is 21.4 Å². The number of hydrogen-bond donors (Lipinski definition) is 0. The lowest BCUT2D eigenvalue weighted by Crippen LogP contribution is -2.61. The molecule has 6 nitrogen and oxygen atoms in total. The van der Waals surface area contributed by atoms with E-state index in [-0.39, 0.29) is 0 Å². The van der Waals surface area contributed by atoms with Gasteiger partial charge in [0.1, 0.15) is 17.2 Å². The second-order valence-electron chi connectivity index (χ2n) is 7.07. The third-order valence-electron chi connectivity index (χ3n) is 5.13. The van der Waals surface area contributed by atoms with Crippen molar-refractivity contribution in [3.05, 3.63) is 69.7 Å². The molecule has 0 bridgehead atoms. The molecule has 1 aliphatic rings. The summed E-state index contributed by atoms with van der Waals surface area (Å²) in [6, 6.07) is 15.7. The topological polar surface area (TPSA) is 55.4 Å². The first-order chi connectivity index (χ1) is 15.9. The molecule has 0 spiro atoms. The number of methoxy groups -OCH3 is 3. The molecule has 0 saturated carbocycles. The van der Waals surface area contributed by atoms with Crippen molar-refractivity contribution in [3.63, 3.8) is 0 Å². The molecule has 33 heavy (non-hydrogen) atoms. The summed E-state index contributed by atoms with van der Waals surface area (Å²) >= 11 is 19.5. The Bertz CT molecular complexity index is 1000.